The molecule has 0 aliphatic rings. The van der Waals surface area contributed by atoms with Crippen molar-refractivity contribution in [3.63, 3.8) is 0 Å². The van der Waals surface area contributed by atoms with Crippen LogP contribution in [0.15, 0.2) is 18.2 Å². The van der Waals surface area contributed by atoms with Crippen molar-refractivity contribution in [1.29, 1.82) is 0 Å². The fourth-order valence-corrected chi connectivity index (χ4v) is 1.41. The number of esters is 1. The molecule has 0 spiro atoms. The van der Waals surface area contributed by atoms with Crippen molar-refractivity contribution in [2.24, 2.45) is 0 Å². The standard InChI is InChI=1S/C11H12F2O3/c1-16-9(15)6-5-7-3-2-4-8(14)10(7)11(12)13/h2-4,11,14H,5-6H2,1H3. The normalized spacial score (nSPS) is 10.5. The van der Waals surface area contributed by atoms with Gasteiger partial charge in [-0.05, 0) is 18.1 Å². The number of benzene rings is 1. The van der Waals surface area contributed by atoms with E-state index in [2.05, 4.69) is 4.74 Å². The van der Waals surface area contributed by atoms with Crippen molar-refractivity contribution in [3.05, 3.63) is 29.3 Å². The Morgan fingerprint density at radius 1 is 1.50 bits per heavy atom. The van der Waals surface area contributed by atoms with Gasteiger partial charge >= 0.3 is 5.97 Å². The molecule has 0 amide bonds. The summed E-state index contributed by atoms with van der Waals surface area (Å²) in [6.07, 6.45) is -2.62. The molecule has 0 bridgehead atoms. The van der Waals surface area contributed by atoms with Crippen LogP contribution in [0.2, 0.25) is 0 Å². The molecule has 88 valence electrons. The van der Waals surface area contributed by atoms with Crippen molar-refractivity contribution in [1.82, 2.24) is 0 Å². The minimum Gasteiger partial charge on any atom is -0.507 e. The van der Waals surface area contributed by atoms with Crippen molar-refractivity contribution in [3.8, 4) is 5.75 Å². The van der Waals surface area contributed by atoms with Crippen LogP contribution in [0, 0.1) is 0 Å². The maximum Gasteiger partial charge on any atom is 0.305 e. The van der Waals surface area contributed by atoms with E-state index in [1.54, 1.807) is 0 Å². The summed E-state index contributed by atoms with van der Waals surface area (Å²) in [6, 6.07) is 4.13. The molecule has 1 rings (SSSR count). The molecule has 0 saturated heterocycles. The number of alkyl halides is 2. The van der Waals surface area contributed by atoms with Crippen LogP contribution in [0.1, 0.15) is 24.0 Å². The number of carbonyl (C=O) groups is 1. The second-order valence-electron chi connectivity index (χ2n) is 3.23. The van der Waals surface area contributed by atoms with E-state index in [0.29, 0.717) is 0 Å². The van der Waals surface area contributed by atoms with E-state index in [1.807, 2.05) is 0 Å². The van der Waals surface area contributed by atoms with Crippen LogP contribution in [-0.4, -0.2) is 18.2 Å². The number of halogens is 2. The van der Waals surface area contributed by atoms with Crippen LogP contribution in [-0.2, 0) is 16.0 Å². The van der Waals surface area contributed by atoms with E-state index in [-0.39, 0.29) is 18.4 Å². The van der Waals surface area contributed by atoms with Gasteiger partial charge in [-0.2, -0.15) is 0 Å². The third-order valence-electron chi connectivity index (χ3n) is 2.22. The molecular weight excluding hydrogens is 218 g/mol. The van der Waals surface area contributed by atoms with Crippen molar-refractivity contribution in [2.75, 3.05) is 7.11 Å². The van der Waals surface area contributed by atoms with Gasteiger partial charge < -0.3 is 9.84 Å². The van der Waals surface area contributed by atoms with Gasteiger partial charge in [-0.25, -0.2) is 8.78 Å². The lowest BCUT2D eigenvalue weighted by molar-refractivity contribution is -0.140. The first kappa shape index (κ1) is 12.4. The summed E-state index contributed by atoms with van der Waals surface area (Å²) in [5.74, 6) is -0.916. The average Bonchev–Trinajstić information content (AvgIpc) is 2.25. The Hall–Kier alpha value is -1.65. The summed E-state index contributed by atoms with van der Waals surface area (Å²) in [6.45, 7) is 0. The quantitative estimate of drug-likeness (QED) is 0.808. The fourth-order valence-electron chi connectivity index (χ4n) is 1.41. The number of aromatic hydroxyl groups is 1. The third-order valence-corrected chi connectivity index (χ3v) is 2.22. The van der Waals surface area contributed by atoms with E-state index < -0.39 is 23.7 Å². The van der Waals surface area contributed by atoms with Crippen LogP contribution in [0.25, 0.3) is 0 Å². The van der Waals surface area contributed by atoms with E-state index in [9.17, 15) is 18.7 Å². The van der Waals surface area contributed by atoms with Gasteiger partial charge in [0, 0.05) is 6.42 Å². The van der Waals surface area contributed by atoms with E-state index in [1.165, 1.54) is 25.3 Å². The molecule has 0 aliphatic carbocycles. The lowest BCUT2D eigenvalue weighted by Crippen LogP contribution is -2.04. The van der Waals surface area contributed by atoms with Gasteiger partial charge in [0.2, 0.25) is 0 Å². The Bertz CT molecular complexity index is 377. The largest absolute Gasteiger partial charge is 0.507 e. The van der Waals surface area contributed by atoms with Crippen LogP contribution in [0.4, 0.5) is 8.78 Å². The summed E-state index contributed by atoms with van der Waals surface area (Å²) in [7, 11) is 1.23. The maximum atomic E-state index is 12.6. The molecule has 0 saturated carbocycles. The lowest BCUT2D eigenvalue weighted by Gasteiger charge is -2.09. The van der Waals surface area contributed by atoms with Crippen LogP contribution in [0.3, 0.4) is 0 Å². The highest BCUT2D eigenvalue weighted by molar-refractivity contribution is 5.69. The first-order valence-corrected chi connectivity index (χ1v) is 4.72. The predicted octanol–water partition coefficient (Wildman–Crippen LogP) is 2.44. The number of carbonyl (C=O) groups excluding carboxylic acids is 1. The van der Waals surface area contributed by atoms with Crippen LogP contribution < -0.4 is 0 Å². The number of phenolic OH excluding ortho intramolecular Hbond substituents is 1. The number of ether oxygens (including phenoxy) is 1. The van der Waals surface area contributed by atoms with Crippen LogP contribution in [0.5, 0.6) is 5.75 Å². The van der Waals surface area contributed by atoms with Gasteiger partial charge in [-0.1, -0.05) is 12.1 Å². The number of hydrogen-bond donors (Lipinski definition) is 1. The zero-order valence-electron chi connectivity index (χ0n) is 8.74. The molecule has 16 heavy (non-hydrogen) atoms. The highest BCUT2D eigenvalue weighted by Gasteiger charge is 2.17. The Balaban J connectivity index is 2.87. The van der Waals surface area contributed by atoms with Gasteiger partial charge in [0.15, 0.2) is 0 Å². The van der Waals surface area contributed by atoms with E-state index in [4.69, 9.17) is 0 Å². The number of hydrogen-bond acceptors (Lipinski definition) is 3. The molecule has 3 nitrogen and oxygen atoms in total. The van der Waals surface area contributed by atoms with E-state index in [0.717, 1.165) is 0 Å². The van der Waals surface area contributed by atoms with Gasteiger partial charge in [-0.3, -0.25) is 4.79 Å². The third kappa shape index (κ3) is 2.92. The molecular formula is C11H12F2O3. The Kier molecular flexibility index (Phi) is 4.22. The first-order valence-electron chi connectivity index (χ1n) is 4.72. The number of methoxy groups -OCH3 is 1. The minimum absolute atomic E-state index is 0.0136. The molecule has 1 aromatic carbocycles. The van der Waals surface area contributed by atoms with E-state index >= 15 is 0 Å². The highest BCUT2D eigenvalue weighted by atomic mass is 19.3. The molecule has 0 unspecified atom stereocenters. The zero-order chi connectivity index (χ0) is 12.1. The fraction of sp³-hybridized carbons (Fsp3) is 0.364. The van der Waals surface area contributed by atoms with Crippen molar-refractivity contribution in [2.45, 2.75) is 19.3 Å². The SMILES string of the molecule is COC(=O)CCc1cccc(O)c1C(F)F. The zero-order valence-corrected chi connectivity index (χ0v) is 8.74. The summed E-state index contributed by atoms with van der Waals surface area (Å²) in [4.78, 5) is 10.9. The molecule has 0 fully saturated rings. The summed E-state index contributed by atoms with van der Waals surface area (Å²) < 4.78 is 29.7. The second-order valence-corrected chi connectivity index (χ2v) is 3.23. The smallest absolute Gasteiger partial charge is 0.305 e. The van der Waals surface area contributed by atoms with Gasteiger partial charge in [0.05, 0.1) is 12.7 Å². The van der Waals surface area contributed by atoms with Gasteiger partial charge in [-0.15, -0.1) is 0 Å². The summed E-state index contributed by atoms with van der Waals surface area (Å²) in [5.41, 5.74) is -0.146. The van der Waals surface area contributed by atoms with Crippen molar-refractivity contribution < 1.29 is 23.4 Å². The topological polar surface area (TPSA) is 46.5 Å². The molecule has 5 heteroatoms. The molecule has 0 atom stereocenters. The average molecular weight is 230 g/mol. The molecule has 1 aromatic rings. The lowest BCUT2D eigenvalue weighted by atomic mass is 10.0. The Labute approximate surface area is 91.7 Å². The number of rotatable bonds is 4. The second kappa shape index (κ2) is 5.44. The number of phenols is 1. The summed E-state index contributed by atoms with van der Waals surface area (Å²) in [5, 5.41) is 9.29. The highest BCUT2D eigenvalue weighted by Crippen LogP contribution is 2.31. The Morgan fingerprint density at radius 2 is 2.19 bits per heavy atom. The minimum atomic E-state index is -2.76. The monoisotopic (exact) mass is 230 g/mol. The van der Waals surface area contributed by atoms with Gasteiger partial charge in [0.1, 0.15) is 5.75 Å². The predicted molar refractivity (Wildman–Crippen MR) is 53.4 cm³/mol. The van der Waals surface area contributed by atoms with Crippen LogP contribution >= 0.6 is 0 Å². The summed E-state index contributed by atoms with van der Waals surface area (Å²) >= 11 is 0. The van der Waals surface area contributed by atoms with Gasteiger partial charge in [0.25, 0.3) is 6.43 Å². The van der Waals surface area contributed by atoms with Crippen molar-refractivity contribution >= 4 is 5.97 Å². The first-order chi connectivity index (χ1) is 7.56. The molecule has 0 heterocycles. The maximum absolute atomic E-state index is 12.6. The number of aryl methyl sites for hydroxylation is 1. The molecule has 0 aromatic heterocycles. The molecule has 0 radical (unpaired) electrons. The Morgan fingerprint density at radius 3 is 2.75 bits per heavy atom. The molecule has 1 N–H and O–H groups in total. The molecule has 0 aliphatic heterocycles.